The highest BCUT2D eigenvalue weighted by atomic mass is 32.1. The first-order chi connectivity index (χ1) is 10.2. The number of para-hydroxylation sites is 1. The van der Waals surface area contributed by atoms with Crippen LogP contribution in [0.25, 0.3) is 22.0 Å². The van der Waals surface area contributed by atoms with Crippen LogP contribution in [0.1, 0.15) is 0 Å². The van der Waals surface area contributed by atoms with Crippen molar-refractivity contribution in [2.75, 3.05) is 14.2 Å². The second kappa shape index (κ2) is 5.58. The molecule has 3 nitrogen and oxygen atoms in total. The maximum atomic E-state index is 5.49. The summed E-state index contributed by atoms with van der Waals surface area (Å²) in [4.78, 5) is 3.21. The van der Waals surface area contributed by atoms with Crippen LogP contribution in [-0.2, 0) is 0 Å². The number of H-pyrrole nitrogens is 1. The highest BCUT2D eigenvalue weighted by molar-refractivity contribution is 7.71. The van der Waals surface area contributed by atoms with E-state index in [0.717, 1.165) is 33.5 Å². The molecule has 3 rings (SSSR count). The summed E-state index contributed by atoms with van der Waals surface area (Å²) in [7, 11) is 3.32. The van der Waals surface area contributed by atoms with Crippen LogP contribution in [0.2, 0.25) is 0 Å². The molecule has 0 aliphatic carbocycles. The summed E-state index contributed by atoms with van der Waals surface area (Å²) in [5.41, 5.74) is 3.00. The van der Waals surface area contributed by atoms with Crippen LogP contribution in [0.5, 0.6) is 11.5 Å². The molecular formula is C17H15NO2S. The third kappa shape index (κ3) is 2.50. The number of fused-ring (bicyclic) bond motifs is 1. The molecule has 1 heterocycles. The molecule has 0 amide bonds. The van der Waals surface area contributed by atoms with E-state index in [1.165, 1.54) is 0 Å². The Morgan fingerprint density at radius 2 is 1.71 bits per heavy atom. The van der Waals surface area contributed by atoms with Gasteiger partial charge in [-0.2, -0.15) is 0 Å². The van der Waals surface area contributed by atoms with Gasteiger partial charge in [0.25, 0.3) is 0 Å². The fraction of sp³-hybridized carbons (Fsp3) is 0.118. The van der Waals surface area contributed by atoms with Crippen molar-refractivity contribution in [1.29, 1.82) is 0 Å². The van der Waals surface area contributed by atoms with E-state index in [4.69, 9.17) is 21.7 Å². The molecule has 0 unspecified atom stereocenters. The second-order valence-corrected chi connectivity index (χ2v) is 5.10. The van der Waals surface area contributed by atoms with Gasteiger partial charge in [0, 0.05) is 16.5 Å². The smallest absolute Gasteiger partial charge is 0.126 e. The summed E-state index contributed by atoms with van der Waals surface area (Å²) in [6, 6.07) is 15.8. The number of rotatable bonds is 3. The van der Waals surface area contributed by atoms with Gasteiger partial charge < -0.3 is 14.5 Å². The molecule has 21 heavy (non-hydrogen) atoms. The molecule has 0 bridgehead atoms. The fourth-order valence-corrected chi connectivity index (χ4v) is 2.68. The van der Waals surface area contributed by atoms with Gasteiger partial charge in [0.2, 0.25) is 0 Å². The predicted molar refractivity (Wildman–Crippen MR) is 87.7 cm³/mol. The molecule has 106 valence electrons. The highest BCUT2D eigenvalue weighted by Crippen LogP contribution is 2.36. The normalized spacial score (nSPS) is 10.6. The van der Waals surface area contributed by atoms with Crippen molar-refractivity contribution < 1.29 is 9.47 Å². The summed E-state index contributed by atoms with van der Waals surface area (Å²) in [6.07, 6.45) is 0. The Labute approximate surface area is 128 Å². The lowest BCUT2D eigenvalue weighted by Crippen LogP contribution is -1.92. The van der Waals surface area contributed by atoms with Gasteiger partial charge in [0.05, 0.1) is 14.2 Å². The van der Waals surface area contributed by atoms with Gasteiger partial charge in [-0.25, -0.2) is 0 Å². The molecule has 4 heteroatoms. The fourth-order valence-electron chi connectivity index (χ4n) is 2.45. The Balaban J connectivity index is 2.37. The first-order valence-corrected chi connectivity index (χ1v) is 6.98. The minimum Gasteiger partial charge on any atom is -0.497 e. The minimum absolute atomic E-state index is 0.688. The molecule has 0 saturated carbocycles. The van der Waals surface area contributed by atoms with Gasteiger partial charge >= 0.3 is 0 Å². The van der Waals surface area contributed by atoms with Crippen molar-refractivity contribution in [1.82, 2.24) is 4.98 Å². The molecule has 1 N–H and O–H groups in total. The molecule has 0 radical (unpaired) electrons. The third-order valence-corrected chi connectivity index (χ3v) is 3.67. The van der Waals surface area contributed by atoms with Gasteiger partial charge in [0.1, 0.15) is 16.1 Å². The van der Waals surface area contributed by atoms with E-state index in [1.54, 1.807) is 14.2 Å². The standard InChI is InChI=1S/C17H15NO2S/c1-19-11-7-8-16(20-2)14(9-11)13-10-17(21)18-15-6-4-3-5-12(13)15/h3-10H,1-2H3,(H,18,21). The number of methoxy groups -OCH3 is 2. The van der Waals surface area contributed by atoms with Crippen LogP contribution in [0.4, 0.5) is 0 Å². The lowest BCUT2D eigenvalue weighted by molar-refractivity contribution is 0.404. The van der Waals surface area contributed by atoms with Gasteiger partial charge in [-0.15, -0.1) is 0 Å². The SMILES string of the molecule is COc1ccc(OC)c(-c2cc(=S)[nH]c3ccccc23)c1. The lowest BCUT2D eigenvalue weighted by Gasteiger charge is -2.13. The van der Waals surface area contributed by atoms with E-state index in [0.29, 0.717) is 4.64 Å². The number of aromatic nitrogens is 1. The Kier molecular flexibility index (Phi) is 3.62. The van der Waals surface area contributed by atoms with Crippen molar-refractivity contribution in [3.05, 3.63) is 53.2 Å². The van der Waals surface area contributed by atoms with Crippen LogP contribution in [-0.4, -0.2) is 19.2 Å². The Hall–Kier alpha value is -2.33. The molecule has 0 aliphatic rings. The van der Waals surface area contributed by atoms with Crippen LogP contribution < -0.4 is 9.47 Å². The molecule has 3 aromatic rings. The van der Waals surface area contributed by atoms with E-state index >= 15 is 0 Å². The quantitative estimate of drug-likeness (QED) is 0.718. The monoisotopic (exact) mass is 297 g/mol. The number of hydrogen-bond donors (Lipinski definition) is 1. The van der Waals surface area contributed by atoms with E-state index in [1.807, 2.05) is 42.5 Å². The molecule has 0 saturated heterocycles. The summed E-state index contributed by atoms with van der Waals surface area (Å²) in [6.45, 7) is 0. The van der Waals surface area contributed by atoms with E-state index in [9.17, 15) is 0 Å². The van der Waals surface area contributed by atoms with E-state index in [-0.39, 0.29) is 0 Å². The molecular weight excluding hydrogens is 282 g/mol. The minimum atomic E-state index is 0.688. The number of aromatic amines is 1. The third-order valence-electron chi connectivity index (χ3n) is 3.45. The molecule has 2 aromatic carbocycles. The lowest BCUT2D eigenvalue weighted by atomic mass is 10.0. The average Bonchev–Trinajstić information content (AvgIpc) is 2.53. The number of ether oxygens (including phenoxy) is 2. The average molecular weight is 297 g/mol. The van der Waals surface area contributed by atoms with Crippen molar-refractivity contribution in [3.8, 4) is 22.6 Å². The van der Waals surface area contributed by atoms with Crippen LogP contribution >= 0.6 is 12.2 Å². The van der Waals surface area contributed by atoms with Gasteiger partial charge in [-0.05, 0) is 35.9 Å². The van der Waals surface area contributed by atoms with Crippen molar-refractivity contribution in [3.63, 3.8) is 0 Å². The zero-order valence-electron chi connectivity index (χ0n) is 11.8. The highest BCUT2D eigenvalue weighted by Gasteiger charge is 2.11. The van der Waals surface area contributed by atoms with Crippen molar-refractivity contribution in [2.45, 2.75) is 0 Å². The summed E-state index contributed by atoms with van der Waals surface area (Å²) >= 11 is 5.34. The number of pyridine rings is 1. The summed E-state index contributed by atoms with van der Waals surface area (Å²) in [5.74, 6) is 1.58. The summed E-state index contributed by atoms with van der Waals surface area (Å²) < 4.78 is 11.5. The second-order valence-electron chi connectivity index (χ2n) is 4.66. The maximum absolute atomic E-state index is 5.49. The topological polar surface area (TPSA) is 34.2 Å². The molecule has 1 aromatic heterocycles. The van der Waals surface area contributed by atoms with E-state index < -0.39 is 0 Å². The Bertz CT molecular complexity index is 855. The van der Waals surface area contributed by atoms with Gasteiger partial charge in [-0.3, -0.25) is 0 Å². The molecule has 0 spiro atoms. The first kappa shape index (κ1) is 13.6. The zero-order chi connectivity index (χ0) is 14.8. The van der Waals surface area contributed by atoms with Crippen LogP contribution in [0.3, 0.4) is 0 Å². The Morgan fingerprint density at radius 3 is 2.48 bits per heavy atom. The number of nitrogens with one attached hydrogen (secondary N) is 1. The van der Waals surface area contributed by atoms with Gasteiger partial charge in [-0.1, -0.05) is 30.4 Å². The Morgan fingerprint density at radius 1 is 0.905 bits per heavy atom. The molecule has 0 fully saturated rings. The predicted octanol–water partition coefficient (Wildman–Crippen LogP) is 4.58. The number of hydrogen-bond acceptors (Lipinski definition) is 3. The van der Waals surface area contributed by atoms with E-state index in [2.05, 4.69) is 11.1 Å². The number of benzene rings is 2. The van der Waals surface area contributed by atoms with Crippen LogP contribution in [0.15, 0.2) is 48.5 Å². The van der Waals surface area contributed by atoms with Crippen LogP contribution in [0, 0.1) is 4.64 Å². The maximum Gasteiger partial charge on any atom is 0.126 e. The summed E-state index contributed by atoms with van der Waals surface area (Å²) in [5, 5.41) is 1.10. The first-order valence-electron chi connectivity index (χ1n) is 6.57. The van der Waals surface area contributed by atoms with Crippen molar-refractivity contribution >= 4 is 23.1 Å². The van der Waals surface area contributed by atoms with Gasteiger partial charge in [0.15, 0.2) is 0 Å². The molecule has 0 atom stereocenters. The zero-order valence-corrected chi connectivity index (χ0v) is 12.7. The largest absolute Gasteiger partial charge is 0.497 e. The molecule has 0 aliphatic heterocycles. The van der Waals surface area contributed by atoms with Crippen molar-refractivity contribution in [2.24, 2.45) is 0 Å².